The summed E-state index contributed by atoms with van der Waals surface area (Å²) < 4.78 is 0. The molecule has 0 aliphatic rings. The molecule has 0 aliphatic heterocycles. The van der Waals surface area contributed by atoms with Gasteiger partial charge < -0.3 is 0 Å². The number of rotatable bonds is 7. The molecule has 0 saturated carbocycles. The summed E-state index contributed by atoms with van der Waals surface area (Å²) >= 11 is 0. The first kappa shape index (κ1) is 11.2. The lowest BCUT2D eigenvalue weighted by Gasteiger charge is -1.93. The number of allylic oxidation sites excluding steroid dienone is 5. The first-order valence-corrected chi connectivity index (χ1v) is 4.64. The van der Waals surface area contributed by atoms with Crippen LogP contribution in [-0.4, -0.2) is 0 Å². The van der Waals surface area contributed by atoms with Crippen molar-refractivity contribution in [2.45, 2.75) is 32.6 Å². The maximum absolute atomic E-state index is 3.69. The minimum absolute atomic E-state index is 1.15. The first-order chi connectivity index (χ1) is 5.91. The Morgan fingerprint density at radius 2 is 1.75 bits per heavy atom. The summed E-state index contributed by atoms with van der Waals surface area (Å²) in [5.74, 6) is 0. The van der Waals surface area contributed by atoms with E-state index in [1.54, 1.807) is 0 Å². The van der Waals surface area contributed by atoms with Gasteiger partial charge >= 0.3 is 0 Å². The zero-order chi connectivity index (χ0) is 9.07. The van der Waals surface area contributed by atoms with Gasteiger partial charge in [0.1, 0.15) is 0 Å². The van der Waals surface area contributed by atoms with Crippen molar-refractivity contribution in [3.05, 3.63) is 43.4 Å². The van der Waals surface area contributed by atoms with E-state index in [2.05, 4.69) is 25.2 Å². The van der Waals surface area contributed by atoms with Crippen LogP contribution in [-0.2, 0) is 0 Å². The van der Waals surface area contributed by atoms with Gasteiger partial charge in [-0.05, 0) is 32.6 Å². The Hall–Kier alpha value is -0.780. The molecule has 0 amide bonds. The van der Waals surface area contributed by atoms with Crippen LogP contribution in [0, 0.1) is 6.42 Å². The zero-order valence-electron chi connectivity index (χ0n) is 8.00. The van der Waals surface area contributed by atoms with Crippen molar-refractivity contribution in [2.75, 3.05) is 0 Å². The van der Waals surface area contributed by atoms with E-state index in [-0.39, 0.29) is 0 Å². The fraction of sp³-hybridized carbons (Fsp3) is 0.417. The third kappa shape index (κ3) is 9.22. The molecule has 1 radical (unpaired) electrons. The fourth-order valence-corrected chi connectivity index (χ4v) is 0.901. The molecule has 67 valence electrons. The van der Waals surface area contributed by atoms with E-state index in [0.717, 1.165) is 6.42 Å². The molecule has 0 rings (SSSR count). The second-order valence-corrected chi connectivity index (χ2v) is 2.72. The van der Waals surface area contributed by atoms with E-state index in [9.17, 15) is 0 Å². The van der Waals surface area contributed by atoms with Crippen LogP contribution in [0.2, 0.25) is 0 Å². The highest BCUT2D eigenvalue weighted by atomic mass is 13.9. The molecule has 0 saturated heterocycles. The van der Waals surface area contributed by atoms with Gasteiger partial charge in [-0.3, -0.25) is 0 Å². The van der Waals surface area contributed by atoms with Gasteiger partial charge in [-0.25, -0.2) is 0 Å². The molecule has 0 heteroatoms. The normalized spacial score (nSPS) is 11.4. The largest absolute Gasteiger partial charge is 0.103 e. The Morgan fingerprint density at radius 3 is 2.42 bits per heavy atom. The number of hydrogen-bond acceptors (Lipinski definition) is 0. The van der Waals surface area contributed by atoms with Crippen LogP contribution in [0.5, 0.6) is 0 Å². The van der Waals surface area contributed by atoms with Gasteiger partial charge in [0.05, 0.1) is 0 Å². The maximum atomic E-state index is 3.69. The monoisotopic (exact) mass is 163 g/mol. The Kier molecular flexibility index (Phi) is 9.56. The van der Waals surface area contributed by atoms with Gasteiger partial charge in [0, 0.05) is 0 Å². The van der Waals surface area contributed by atoms with Crippen molar-refractivity contribution >= 4 is 0 Å². The van der Waals surface area contributed by atoms with E-state index in [0.29, 0.717) is 0 Å². The van der Waals surface area contributed by atoms with E-state index >= 15 is 0 Å². The lowest BCUT2D eigenvalue weighted by atomic mass is 10.1. The van der Waals surface area contributed by atoms with E-state index in [1.165, 1.54) is 19.3 Å². The highest BCUT2D eigenvalue weighted by Gasteiger charge is 1.84. The van der Waals surface area contributed by atoms with Crippen molar-refractivity contribution in [3.63, 3.8) is 0 Å². The molecule has 0 aromatic carbocycles. The van der Waals surface area contributed by atoms with Gasteiger partial charge in [0.15, 0.2) is 0 Å². The van der Waals surface area contributed by atoms with Crippen LogP contribution in [0.1, 0.15) is 32.6 Å². The van der Waals surface area contributed by atoms with Crippen LogP contribution in [0.4, 0.5) is 0 Å². The average molecular weight is 163 g/mol. The van der Waals surface area contributed by atoms with Crippen molar-refractivity contribution in [2.24, 2.45) is 0 Å². The second-order valence-electron chi connectivity index (χ2n) is 2.72. The minimum Gasteiger partial charge on any atom is -0.103 e. The molecule has 0 spiro atoms. The molecule has 0 fully saturated rings. The van der Waals surface area contributed by atoms with E-state index < -0.39 is 0 Å². The summed E-state index contributed by atoms with van der Waals surface area (Å²) in [4.78, 5) is 0. The molecule has 0 unspecified atom stereocenters. The Morgan fingerprint density at radius 1 is 1.00 bits per heavy atom. The molecule has 0 heterocycles. The third-order valence-electron chi connectivity index (χ3n) is 1.58. The highest BCUT2D eigenvalue weighted by Crippen LogP contribution is 2.02. The van der Waals surface area contributed by atoms with Gasteiger partial charge in [-0.1, -0.05) is 36.8 Å². The summed E-state index contributed by atoms with van der Waals surface area (Å²) in [7, 11) is 0. The molecule has 12 heavy (non-hydrogen) atoms. The summed E-state index contributed by atoms with van der Waals surface area (Å²) in [6.07, 6.45) is 17.3. The quantitative estimate of drug-likeness (QED) is 0.301. The van der Waals surface area contributed by atoms with E-state index in [4.69, 9.17) is 0 Å². The minimum atomic E-state index is 1.15. The SMILES string of the molecule is C=CCCCC[CH]C=CC=CC. The summed E-state index contributed by atoms with van der Waals surface area (Å²) in [6, 6.07) is 0. The van der Waals surface area contributed by atoms with Gasteiger partial charge in [-0.2, -0.15) is 0 Å². The Balaban J connectivity index is 3.04. The second kappa shape index (κ2) is 10.2. The topological polar surface area (TPSA) is 0 Å². The number of hydrogen-bond donors (Lipinski definition) is 0. The van der Waals surface area contributed by atoms with Crippen LogP contribution in [0.15, 0.2) is 37.0 Å². The molecular weight excluding hydrogens is 144 g/mol. The molecule has 0 nitrogen and oxygen atoms in total. The summed E-state index contributed by atoms with van der Waals surface area (Å²) in [6.45, 7) is 5.71. The molecule has 0 N–H and O–H groups in total. The lowest BCUT2D eigenvalue weighted by Crippen LogP contribution is -1.74. The molecule has 0 aromatic heterocycles. The van der Waals surface area contributed by atoms with E-state index in [1.807, 2.05) is 25.2 Å². The standard InChI is InChI=1S/C12H19/c1-3-5-7-9-11-12-10-8-6-4-2/h3-4,6,8,10,12H,1,5,7,9,11H2,2H3. The maximum Gasteiger partial charge on any atom is -0.0167 e. The Bertz CT molecular complexity index is 140. The van der Waals surface area contributed by atoms with Crippen LogP contribution < -0.4 is 0 Å². The molecule has 0 atom stereocenters. The molecule has 0 aromatic rings. The zero-order valence-corrected chi connectivity index (χ0v) is 8.00. The predicted molar refractivity (Wildman–Crippen MR) is 56.9 cm³/mol. The average Bonchev–Trinajstić information content (AvgIpc) is 2.10. The summed E-state index contributed by atoms with van der Waals surface area (Å²) in [5, 5.41) is 0. The highest BCUT2D eigenvalue weighted by molar-refractivity contribution is 5.06. The number of unbranched alkanes of at least 4 members (excludes halogenated alkanes) is 4. The fourth-order valence-electron chi connectivity index (χ4n) is 0.901. The van der Waals surface area contributed by atoms with Crippen molar-refractivity contribution in [1.29, 1.82) is 0 Å². The smallest absolute Gasteiger partial charge is 0.0167 e. The lowest BCUT2D eigenvalue weighted by molar-refractivity contribution is 0.748. The van der Waals surface area contributed by atoms with Gasteiger partial charge in [-0.15, -0.1) is 6.58 Å². The molecular formula is C12H19. The van der Waals surface area contributed by atoms with Crippen molar-refractivity contribution in [1.82, 2.24) is 0 Å². The van der Waals surface area contributed by atoms with Crippen LogP contribution in [0.3, 0.4) is 0 Å². The van der Waals surface area contributed by atoms with Crippen molar-refractivity contribution in [3.8, 4) is 0 Å². The first-order valence-electron chi connectivity index (χ1n) is 4.64. The predicted octanol–water partition coefficient (Wildman–Crippen LogP) is 4.07. The van der Waals surface area contributed by atoms with Gasteiger partial charge in [0.2, 0.25) is 0 Å². The van der Waals surface area contributed by atoms with Gasteiger partial charge in [0.25, 0.3) is 0 Å². The van der Waals surface area contributed by atoms with Crippen molar-refractivity contribution < 1.29 is 0 Å². The molecule has 0 aliphatic carbocycles. The third-order valence-corrected chi connectivity index (χ3v) is 1.58. The van der Waals surface area contributed by atoms with Crippen LogP contribution >= 0.6 is 0 Å². The molecule has 0 bridgehead atoms. The Labute approximate surface area is 76.7 Å². The van der Waals surface area contributed by atoms with Crippen LogP contribution in [0.25, 0.3) is 0 Å². The summed E-state index contributed by atoms with van der Waals surface area (Å²) in [5.41, 5.74) is 0.